The number of halogens is 1. The third kappa shape index (κ3) is 4.35. The summed E-state index contributed by atoms with van der Waals surface area (Å²) in [5, 5.41) is 7.15. The number of piperidine rings is 1. The molecule has 1 saturated heterocycles. The fourth-order valence-corrected chi connectivity index (χ4v) is 3.94. The summed E-state index contributed by atoms with van der Waals surface area (Å²) in [5.74, 6) is 0.115. The third-order valence-corrected chi connectivity index (χ3v) is 5.48. The van der Waals surface area contributed by atoms with Gasteiger partial charge in [0.25, 0.3) is 0 Å². The molecule has 0 spiro atoms. The Balaban J connectivity index is 1.72. The molecule has 0 saturated carbocycles. The number of hydrogen-bond donors (Lipinski definition) is 1. The second kappa shape index (κ2) is 9.19. The molecule has 2 aromatic rings. The van der Waals surface area contributed by atoms with E-state index in [4.69, 9.17) is 4.74 Å². The summed E-state index contributed by atoms with van der Waals surface area (Å²) in [6.07, 6.45) is 3.73. The van der Waals surface area contributed by atoms with E-state index in [1.165, 1.54) is 13.2 Å². The van der Waals surface area contributed by atoms with Crippen LogP contribution >= 0.6 is 0 Å². The van der Waals surface area contributed by atoms with Crippen LogP contribution in [0.3, 0.4) is 0 Å². The van der Waals surface area contributed by atoms with Gasteiger partial charge in [-0.05, 0) is 51.4 Å². The molecule has 1 atom stereocenters. The van der Waals surface area contributed by atoms with Gasteiger partial charge in [0.05, 0.1) is 24.9 Å². The van der Waals surface area contributed by atoms with E-state index in [-0.39, 0.29) is 17.6 Å². The zero-order valence-corrected chi connectivity index (χ0v) is 16.9. The number of H-pyrrole nitrogens is 1. The number of nitrogens with zero attached hydrogens (tertiary/aromatic N) is 3. The standard InChI is InChI=1S/C21H29FN4O2/c1-4-26(5-2)21(27)16-7-6-10-25(13-16)14-17-12-23-24-20(17)15-8-9-19(28-3)18(22)11-15/h8-9,11-12,16H,4-7,10,13-14H2,1-3H3,(H,23,24). The van der Waals surface area contributed by atoms with Crippen LogP contribution in [-0.2, 0) is 11.3 Å². The van der Waals surface area contributed by atoms with Gasteiger partial charge in [0, 0.05) is 37.3 Å². The Bertz CT molecular complexity index is 803. The van der Waals surface area contributed by atoms with E-state index in [1.807, 2.05) is 24.8 Å². The number of likely N-dealkylation sites (tertiary alicyclic amines) is 1. The van der Waals surface area contributed by atoms with Gasteiger partial charge < -0.3 is 9.64 Å². The molecule has 1 aromatic carbocycles. The zero-order valence-electron chi connectivity index (χ0n) is 16.9. The Kier molecular flexibility index (Phi) is 6.67. The van der Waals surface area contributed by atoms with Crippen LogP contribution in [0.1, 0.15) is 32.3 Å². The molecule has 6 nitrogen and oxygen atoms in total. The molecule has 3 rings (SSSR count). The van der Waals surface area contributed by atoms with Crippen LogP contribution in [0.5, 0.6) is 5.75 Å². The van der Waals surface area contributed by atoms with Crippen molar-refractivity contribution in [2.24, 2.45) is 5.92 Å². The average Bonchev–Trinajstić information content (AvgIpc) is 3.17. The molecule has 1 N–H and O–H groups in total. The maximum absolute atomic E-state index is 14.1. The first-order chi connectivity index (χ1) is 13.6. The van der Waals surface area contributed by atoms with Gasteiger partial charge in [-0.3, -0.25) is 14.8 Å². The van der Waals surface area contributed by atoms with E-state index in [2.05, 4.69) is 15.1 Å². The second-order valence-electron chi connectivity index (χ2n) is 7.20. The number of benzene rings is 1. The second-order valence-corrected chi connectivity index (χ2v) is 7.20. The number of aromatic nitrogens is 2. The minimum absolute atomic E-state index is 0.0439. The molecule has 28 heavy (non-hydrogen) atoms. The molecule has 1 aliphatic rings. The van der Waals surface area contributed by atoms with Crippen molar-refractivity contribution >= 4 is 5.91 Å². The lowest BCUT2D eigenvalue weighted by Crippen LogP contribution is -2.44. The highest BCUT2D eigenvalue weighted by atomic mass is 19.1. The van der Waals surface area contributed by atoms with Gasteiger partial charge in [0.2, 0.25) is 5.91 Å². The van der Waals surface area contributed by atoms with Crippen molar-refractivity contribution in [1.82, 2.24) is 20.0 Å². The molecule has 7 heteroatoms. The van der Waals surface area contributed by atoms with Crippen molar-refractivity contribution in [3.05, 3.63) is 35.8 Å². The maximum atomic E-state index is 14.1. The first-order valence-electron chi connectivity index (χ1n) is 9.94. The number of methoxy groups -OCH3 is 1. The summed E-state index contributed by atoms with van der Waals surface area (Å²) in [6, 6.07) is 4.90. The fourth-order valence-electron chi connectivity index (χ4n) is 3.94. The molecular formula is C21H29FN4O2. The molecule has 1 unspecified atom stereocenters. The van der Waals surface area contributed by atoms with Crippen molar-refractivity contribution in [3.8, 4) is 17.0 Å². The smallest absolute Gasteiger partial charge is 0.226 e. The summed E-state index contributed by atoms with van der Waals surface area (Å²) in [7, 11) is 1.45. The largest absolute Gasteiger partial charge is 0.494 e. The maximum Gasteiger partial charge on any atom is 0.226 e. The SMILES string of the molecule is CCN(CC)C(=O)C1CCCN(Cc2cn[nH]c2-c2ccc(OC)c(F)c2)C1. The number of carbonyl (C=O) groups excluding carboxylic acids is 1. The van der Waals surface area contributed by atoms with Crippen LogP contribution in [0, 0.1) is 11.7 Å². The van der Waals surface area contributed by atoms with Crippen LogP contribution in [0.25, 0.3) is 11.3 Å². The minimum Gasteiger partial charge on any atom is -0.494 e. The fraction of sp³-hybridized carbons (Fsp3) is 0.524. The highest BCUT2D eigenvalue weighted by Crippen LogP contribution is 2.28. The Labute approximate surface area is 165 Å². The summed E-state index contributed by atoms with van der Waals surface area (Å²) in [6.45, 7) is 7.92. The van der Waals surface area contributed by atoms with E-state index in [0.29, 0.717) is 6.54 Å². The summed E-state index contributed by atoms with van der Waals surface area (Å²) in [4.78, 5) is 16.9. The molecule has 152 valence electrons. The van der Waals surface area contributed by atoms with Crippen molar-refractivity contribution in [1.29, 1.82) is 0 Å². The summed E-state index contributed by atoms with van der Waals surface area (Å²) < 4.78 is 19.1. The van der Waals surface area contributed by atoms with Crippen LogP contribution in [0.2, 0.25) is 0 Å². The van der Waals surface area contributed by atoms with Gasteiger partial charge in [-0.25, -0.2) is 4.39 Å². The lowest BCUT2D eigenvalue weighted by atomic mass is 9.95. The van der Waals surface area contributed by atoms with E-state index < -0.39 is 5.82 Å². The van der Waals surface area contributed by atoms with Crippen molar-refractivity contribution < 1.29 is 13.9 Å². The lowest BCUT2D eigenvalue weighted by molar-refractivity contribution is -0.137. The van der Waals surface area contributed by atoms with Crippen molar-refractivity contribution in [3.63, 3.8) is 0 Å². The van der Waals surface area contributed by atoms with Gasteiger partial charge in [-0.1, -0.05) is 0 Å². The van der Waals surface area contributed by atoms with Gasteiger partial charge >= 0.3 is 0 Å². The topological polar surface area (TPSA) is 61.5 Å². The minimum atomic E-state index is -0.400. The molecule has 2 heterocycles. The molecule has 0 aliphatic carbocycles. The van der Waals surface area contributed by atoms with Gasteiger partial charge in [0.15, 0.2) is 11.6 Å². The molecular weight excluding hydrogens is 359 g/mol. The Morgan fingerprint density at radius 1 is 1.39 bits per heavy atom. The number of nitrogens with one attached hydrogen (secondary N) is 1. The van der Waals surface area contributed by atoms with Crippen LogP contribution < -0.4 is 4.74 Å². The monoisotopic (exact) mass is 388 g/mol. The first kappa shape index (κ1) is 20.3. The van der Waals surface area contributed by atoms with Crippen molar-refractivity contribution in [2.75, 3.05) is 33.3 Å². The van der Waals surface area contributed by atoms with Gasteiger partial charge in [-0.2, -0.15) is 5.10 Å². The number of aromatic amines is 1. The summed E-state index contributed by atoms with van der Waals surface area (Å²) >= 11 is 0. The first-order valence-corrected chi connectivity index (χ1v) is 9.94. The zero-order chi connectivity index (χ0) is 20.1. The Hall–Kier alpha value is -2.41. The number of rotatable bonds is 7. The molecule has 0 bridgehead atoms. The van der Waals surface area contributed by atoms with E-state index in [9.17, 15) is 9.18 Å². The van der Waals surface area contributed by atoms with Crippen LogP contribution in [-0.4, -0.2) is 59.2 Å². The average molecular weight is 388 g/mol. The lowest BCUT2D eigenvalue weighted by Gasteiger charge is -2.34. The highest BCUT2D eigenvalue weighted by Gasteiger charge is 2.28. The van der Waals surface area contributed by atoms with E-state index in [1.54, 1.807) is 12.3 Å². The third-order valence-electron chi connectivity index (χ3n) is 5.48. The van der Waals surface area contributed by atoms with E-state index >= 15 is 0 Å². The molecule has 0 radical (unpaired) electrons. The summed E-state index contributed by atoms with van der Waals surface area (Å²) in [5.41, 5.74) is 2.54. The van der Waals surface area contributed by atoms with Crippen LogP contribution in [0.4, 0.5) is 4.39 Å². The number of hydrogen-bond acceptors (Lipinski definition) is 4. The molecule has 1 aromatic heterocycles. The van der Waals surface area contributed by atoms with Crippen molar-refractivity contribution in [2.45, 2.75) is 33.2 Å². The number of carbonyl (C=O) groups is 1. The quantitative estimate of drug-likeness (QED) is 0.791. The predicted octanol–water partition coefficient (Wildman–Crippen LogP) is 3.30. The highest BCUT2D eigenvalue weighted by molar-refractivity contribution is 5.79. The Morgan fingerprint density at radius 2 is 2.18 bits per heavy atom. The van der Waals surface area contributed by atoms with E-state index in [0.717, 1.165) is 55.8 Å². The van der Waals surface area contributed by atoms with Gasteiger partial charge in [-0.15, -0.1) is 0 Å². The number of ether oxygens (including phenoxy) is 1. The normalized spacial score (nSPS) is 17.5. The predicted molar refractivity (Wildman–Crippen MR) is 106 cm³/mol. The Morgan fingerprint density at radius 3 is 2.86 bits per heavy atom. The van der Waals surface area contributed by atoms with Crippen LogP contribution in [0.15, 0.2) is 24.4 Å². The molecule has 1 fully saturated rings. The molecule has 1 amide bonds. The number of amides is 1. The van der Waals surface area contributed by atoms with Gasteiger partial charge in [0.1, 0.15) is 0 Å². The molecule has 1 aliphatic heterocycles.